The molecule has 0 unspecified atom stereocenters. The second-order valence-electron chi connectivity index (χ2n) is 5.85. The van der Waals surface area contributed by atoms with Crippen LogP contribution in [0.2, 0.25) is 0 Å². The molecule has 1 aromatic rings. The molecule has 86 valence electrons. The van der Waals surface area contributed by atoms with Crippen LogP contribution in [0.15, 0.2) is 0 Å². The molecular weight excluding hydrogens is 186 g/mol. The quantitative estimate of drug-likeness (QED) is 0.749. The highest BCUT2D eigenvalue weighted by molar-refractivity contribution is 5.18. The molecule has 0 aliphatic carbocycles. The van der Waals surface area contributed by atoms with Gasteiger partial charge in [-0.1, -0.05) is 32.9 Å². The van der Waals surface area contributed by atoms with Crippen LogP contribution in [0.1, 0.15) is 59.4 Å². The van der Waals surface area contributed by atoms with Gasteiger partial charge in [-0.25, -0.2) is 4.68 Å². The predicted octanol–water partition coefficient (Wildman–Crippen LogP) is 3.03. The van der Waals surface area contributed by atoms with Gasteiger partial charge in [0.2, 0.25) is 0 Å². The summed E-state index contributed by atoms with van der Waals surface area (Å²) in [6, 6.07) is 0. The Morgan fingerprint density at radius 3 is 2.00 bits per heavy atom. The maximum absolute atomic E-state index is 4.31. The van der Waals surface area contributed by atoms with E-state index >= 15 is 0 Å². The molecule has 0 saturated heterocycles. The normalized spacial score (nSPS) is 13.3. The van der Waals surface area contributed by atoms with Gasteiger partial charge in [0.05, 0.1) is 16.9 Å². The van der Waals surface area contributed by atoms with Gasteiger partial charge in [0.15, 0.2) is 0 Å². The Kier molecular flexibility index (Phi) is 2.94. The molecule has 0 aliphatic heterocycles. The lowest BCUT2D eigenvalue weighted by Crippen LogP contribution is -2.28. The number of hydrogen-bond acceptors (Lipinski definition) is 2. The average Bonchev–Trinajstić information content (AvgIpc) is 2.46. The Hall–Kier alpha value is -0.860. The first-order valence-electron chi connectivity index (χ1n) is 5.63. The Bertz CT molecular complexity index is 342. The standard InChI is InChI=1S/C12H23N3/c1-8-12(6,7)15-9(2)10(13-14-15)11(3,4)5/h8H2,1-7H3. The van der Waals surface area contributed by atoms with E-state index in [0.29, 0.717) is 0 Å². The van der Waals surface area contributed by atoms with Gasteiger partial charge in [0.25, 0.3) is 0 Å². The van der Waals surface area contributed by atoms with Crippen molar-refractivity contribution >= 4 is 0 Å². The highest BCUT2D eigenvalue weighted by atomic mass is 15.5. The maximum Gasteiger partial charge on any atom is 0.0909 e. The molecule has 1 aromatic heterocycles. The summed E-state index contributed by atoms with van der Waals surface area (Å²) in [5.74, 6) is 0. The SMILES string of the molecule is CCC(C)(C)n1nnc(C(C)(C)C)c1C. The van der Waals surface area contributed by atoms with Crippen molar-refractivity contribution in [2.24, 2.45) is 0 Å². The highest BCUT2D eigenvalue weighted by Crippen LogP contribution is 2.27. The fourth-order valence-electron chi connectivity index (χ4n) is 1.75. The molecule has 0 bridgehead atoms. The molecule has 0 radical (unpaired) electrons. The van der Waals surface area contributed by atoms with Crippen LogP contribution >= 0.6 is 0 Å². The maximum atomic E-state index is 4.31. The molecule has 0 aliphatic rings. The van der Waals surface area contributed by atoms with E-state index in [1.165, 1.54) is 5.69 Å². The van der Waals surface area contributed by atoms with Gasteiger partial charge in [0, 0.05) is 5.41 Å². The fraction of sp³-hybridized carbons (Fsp3) is 0.833. The lowest BCUT2D eigenvalue weighted by atomic mass is 9.90. The van der Waals surface area contributed by atoms with Crippen LogP contribution < -0.4 is 0 Å². The lowest BCUT2D eigenvalue weighted by molar-refractivity contribution is 0.295. The molecule has 3 heteroatoms. The summed E-state index contributed by atoms with van der Waals surface area (Å²) in [5, 5.41) is 8.61. The lowest BCUT2D eigenvalue weighted by Gasteiger charge is -2.25. The minimum atomic E-state index is 0.0561. The van der Waals surface area contributed by atoms with E-state index in [-0.39, 0.29) is 11.0 Å². The highest BCUT2D eigenvalue weighted by Gasteiger charge is 2.27. The van der Waals surface area contributed by atoms with E-state index in [2.05, 4.69) is 58.8 Å². The molecule has 1 heterocycles. The first kappa shape index (κ1) is 12.2. The summed E-state index contributed by atoms with van der Waals surface area (Å²) in [4.78, 5) is 0. The van der Waals surface area contributed by atoms with Crippen molar-refractivity contribution in [1.82, 2.24) is 15.0 Å². The Morgan fingerprint density at radius 1 is 1.13 bits per heavy atom. The van der Waals surface area contributed by atoms with Crippen LogP contribution in [0.25, 0.3) is 0 Å². The zero-order chi connectivity index (χ0) is 11.9. The van der Waals surface area contributed by atoms with Crippen molar-refractivity contribution in [2.45, 2.75) is 65.8 Å². The number of nitrogens with zero attached hydrogens (tertiary/aromatic N) is 3. The molecule has 0 N–H and O–H groups in total. The first-order chi connectivity index (χ1) is 6.70. The Balaban J connectivity index is 3.22. The minimum Gasteiger partial charge on any atom is -0.244 e. The van der Waals surface area contributed by atoms with E-state index in [1.54, 1.807) is 0 Å². The van der Waals surface area contributed by atoms with Crippen LogP contribution in [0.4, 0.5) is 0 Å². The zero-order valence-corrected chi connectivity index (χ0v) is 11.0. The Morgan fingerprint density at radius 2 is 1.67 bits per heavy atom. The molecule has 3 nitrogen and oxygen atoms in total. The molecule has 1 rings (SSSR count). The fourth-order valence-corrected chi connectivity index (χ4v) is 1.75. The molecule has 0 amide bonds. The van der Waals surface area contributed by atoms with Crippen molar-refractivity contribution in [2.75, 3.05) is 0 Å². The zero-order valence-electron chi connectivity index (χ0n) is 11.0. The summed E-state index contributed by atoms with van der Waals surface area (Å²) in [5.41, 5.74) is 2.42. The van der Waals surface area contributed by atoms with Crippen molar-refractivity contribution < 1.29 is 0 Å². The summed E-state index contributed by atoms with van der Waals surface area (Å²) < 4.78 is 2.05. The second-order valence-corrected chi connectivity index (χ2v) is 5.85. The number of aromatic nitrogens is 3. The third kappa shape index (κ3) is 2.21. The van der Waals surface area contributed by atoms with Gasteiger partial charge in [-0.3, -0.25) is 0 Å². The molecule has 0 fully saturated rings. The van der Waals surface area contributed by atoms with Crippen LogP contribution in [0.5, 0.6) is 0 Å². The van der Waals surface area contributed by atoms with Crippen molar-refractivity contribution in [3.8, 4) is 0 Å². The molecule has 0 atom stereocenters. The van der Waals surface area contributed by atoms with Crippen molar-refractivity contribution in [3.63, 3.8) is 0 Å². The predicted molar refractivity (Wildman–Crippen MR) is 63.1 cm³/mol. The monoisotopic (exact) mass is 209 g/mol. The van der Waals surface area contributed by atoms with Gasteiger partial charge in [-0.05, 0) is 27.2 Å². The van der Waals surface area contributed by atoms with E-state index in [4.69, 9.17) is 0 Å². The topological polar surface area (TPSA) is 30.7 Å². The largest absolute Gasteiger partial charge is 0.244 e. The van der Waals surface area contributed by atoms with E-state index < -0.39 is 0 Å². The van der Waals surface area contributed by atoms with Gasteiger partial charge in [-0.2, -0.15) is 0 Å². The summed E-state index contributed by atoms with van der Waals surface area (Å²) in [7, 11) is 0. The van der Waals surface area contributed by atoms with Gasteiger partial charge < -0.3 is 0 Å². The summed E-state index contributed by atoms with van der Waals surface area (Å²) in [6.45, 7) is 15.2. The molecule has 0 saturated carbocycles. The van der Waals surface area contributed by atoms with Crippen LogP contribution in [-0.2, 0) is 11.0 Å². The smallest absolute Gasteiger partial charge is 0.0909 e. The Labute approximate surface area is 92.9 Å². The minimum absolute atomic E-state index is 0.0561. The number of rotatable bonds is 2. The second kappa shape index (κ2) is 3.62. The van der Waals surface area contributed by atoms with E-state index in [0.717, 1.165) is 12.1 Å². The average molecular weight is 209 g/mol. The van der Waals surface area contributed by atoms with Crippen molar-refractivity contribution in [3.05, 3.63) is 11.4 Å². The number of hydrogen-bond donors (Lipinski definition) is 0. The van der Waals surface area contributed by atoms with Gasteiger partial charge in [0.1, 0.15) is 0 Å². The van der Waals surface area contributed by atoms with E-state index in [9.17, 15) is 0 Å². The van der Waals surface area contributed by atoms with Crippen LogP contribution in [0.3, 0.4) is 0 Å². The first-order valence-corrected chi connectivity index (χ1v) is 5.63. The third-order valence-electron chi connectivity index (χ3n) is 3.04. The van der Waals surface area contributed by atoms with Gasteiger partial charge in [-0.15, -0.1) is 5.10 Å². The van der Waals surface area contributed by atoms with Gasteiger partial charge >= 0.3 is 0 Å². The van der Waals surface area contributed by atoms with Crippen molar-refractivity contribution in [1.29, 1.82) is 0 Å². The summed E-state index contributed by atoms with van der Waals surface area (Å²) in [6.07, 6.45) is 1.06. The van der Waals surface area contributed by atoms with Crippen LogP contribution in [-0.4, -0.2) is 15.0 Å². The van der Waals surface area contributed by atoms with Crippen LogP contribution in [0, 0.1) is 6.92 Å². The molecule has 0 spiro atoms. The molecule has 0 aromatic carbocycles. The van der Waals surface area contributed by atoms with E-state index in [1.807, 2.05) is 4.68 Å². The molecule has 15 heavy (non-hydrogen) atoms. The third-order valence-corrected chi connectivity index (χ3v) is 3.04. The summed E-state index contributed by atoms with van der Waals surface area (Å²) >= 11 is 0. The molecular formula is C12H23N3.